The average molecular weight is 334 g/mol. The van der Waals surface area contributed by atoms with Crippen LogP contribution in [0.4, 0.5) is 8.78 Å². The van der Waals surface area contributed by atoms with Crippen molar-refractivity contribution >= 4 is 15.9 Å². The van der Waals surface area contributed by atoms with Gasteiger partial charge in [-0.05, 0) is 28.1 Å². The van der Waals surface area contributed by atoms with E-state index in [0.29, 0.717) is 0 Å². The highest BCUT2D eigenvalue weighted by Crippen LogP contribution is 2.30. The van der Waals surface area contributed by atoms with Crippen molar-refractivity contribution in [3.8, 4) is 11.4 Å². The molecule has 0 saturated carbocycles. The lowest BCUT2D eigenvalue weighted by Gasteiger charge is -2.03. The molecule has 1 aromatic heterocycles. The predicted octanol–water partition coefficient (Wildman–Crippen LogP) is 2.42. The minimum absolute atomic E-state index is 0.0693. The lowest BCUT2D eigenvalue weighted by atomic mass is 10.2. The van der Waals surface area contributed by atoms with Gasteiger partial charge >= 0.3 is 0 Å². The molecule has 0 aliphatic carbocycles. The number of ether oxygens (including phenoxy) is 1. The normalized spacial score (nSPS) is 12.7. The van der Waals surface area contributed by atoms with Crippen molar-refractivity contribution in [1.82, 2.24) is 10.1 Å². The van der Waals surface area contributed by atoms with Crippen molar-refractivity contribution in [2.24, 2.45) is 5.73 Å². The van der Waals surface area contributed by atoms with Gasteiger partial charge in [0.15, 0.2) is 11.6 Å². The molecule has 1 unspecified atom stereocenters. The molecule has 0 amide bonds. The molecule has 0 fully saturated rings. The number of aromatic nitrogens is 2. The highest BCUT2D eigenvalue weighted by atomic mass is 79.9. The van der Waals surface area contributed by atoms with Crippen LogP contribution in [0.15, 0.2) is 21.1 Å². The van der Waals surface area contributed by atoms with E-state index in [1.54, 1.807) is 0 Å². The molecule has 2 rings (SSSR count). The number of hydrogen-bond donors (Lipinski definition) is 1. The predicted molar refractivity (Wildman–Crippen MR) is 66.2 cm³/mol. The second-order valence-electron chi connectivity index (χ2n) is 3.74. The van der Waals surface area contributed by atoms with Gasteiger partial charge in [-0.1, -0.05) is 5.16 Å². The molecule has 2 N–H and O–H groups in total. The van der Waals surface area contributed by atoms with E-state index < -0.39 is 17.7 Å². The summed E-state index contributed by atoms with van der Waals surface area (Å²) in [6.07, 6.45) is 0. The molecule has 0 saturated heterocycles. The van der Waals surface area contributed by atoms with E-state index in [9.17, 15) is 8.78 Å². The minimum atomic E-state index is -1.01. The Labute approximate surface area is 115 Å². The average Bonchev–Trinajstić information content (AvgIpc) is 2.86. The summed E-state index contributed by atoms with van der Waals surface area (Å²) < 4.78 is 36.2. The van der Waals surface area contributed by atoms with Crippen LogP contribution in [0.3, 0.4) is 0 Å². The lowest BCUT2D eigenvalue weighted by molar-refractivity contribution is 0.166. The van der Waals surface area contributed by atoms with Crippen LogP contribution in [-0.2, 0) is 4.74 Å². The van der Waals surface area contributed by atoms with Crippen LogP contribution in [0, 0.1) is 11.6 Å². The Morgan fingerprint density at radius 3 is 2.89 bits per heavy atom. The maximum absolute atomic E-state index is 13.4. The topological polar surface area (TPSA) is 74.2 Å². The Hall–Kier alpha value is -1.38. The fourth-order valence-electron chi connectivity index (χ4n) is 1.44. The van der Waals surface area contributed by atoms with Gasteiger partial charge in [0.05, 0.1) is 11.1 Å². The molecule has 1 atom stereocenters. The molecule has 2 aromatic rings. The third-order valence-electron chi connectivity index (χ3n) is 2.38. The summed E-state index contributed by atoms with van der Waals surface area (Å²) in [6, 6.07) is 1.76. The molecule has 0 radical (unpaired) electrons. The molecule has 0 aliphatic rings. The van der Waals surface area contributed by atoms with Gasteiger partial charge in [-0.3, -0.25) is 0 Å². The van der Waals surface area contributed by atoms with E-state index in [4.69, 9.17) is 15.0 Å². The zero-order valence-electron chi connectivity index (χ0n) is 9.86. The van der Waals surface area contributed by atoms with E-state index in [0.717, 1.165) is 6.07 Å². The number of nitrogens with zero attached hydrogens (tertiary/aromatic N) is 2. The number of hydrogen-bond acceptors (Lipinski definition) is 5. The van der Waals surface area contributed by atoms with Crippen molar-refractivity contribution in [2.45, 2.75) is 6.04 Å². The van der Waals surface area contributed by atoms with Crippen LogP contribution < -0.4 is 5.73 Å². The van der Waals surface area contributed by atoms with Crippen molar-refractivity contribution < 1.29 is 18.0 Å². The fraction of sp³-hybridized carbons (Fsp3) is 0.273. The molecule has 5 nitrogen and oxygen atoms in total. The molecule has 1 aromatic carbocycles. The van der Waals surface area contributed by atoms with Crippen LogP contribution in [0.5, 0.6) is 0 Å². The maximum Gasteiger partial charge on any atom is 0.246 e. The van der Waals surface area contributed by atoms with E-state index >= 15 is 0 Å². The molecule has 0 spiro atoms. The van der Waals surface area contributed by atoms with Crippen LogP contribution in [0.2, 0.25) is 0 Å². The van der Waals surface area contributed by atoms with Gasteiger partial charge in [0.1, 0.15) is 6.04 Å². The van der Waals surface area contributed by atoms with E-state index in [-0.39, 0.29) is 28.4 Å². The quantitative estimate of drug-likeness (QED) is 0.870. The summed E-state index contributed by atoms with van der Waals surface area (Å²) in [6.45, 7) is 0.209. The summed E-state index contributed by atoms with van der Waals surface area (Å²) >= 11 is 2.95. The highest BCUT2D eigenvalue weighted by molar-refractivity contribution is 9.10. The van der Waals surface area contributed by atoms with Crippen LogP contribution >= 0.6 is 15.9 Å². The molecular formula is C11H10BrF2N3O2. The summed E-state index contributed by atoms with van der Waals surface area (Å²) in [4.78, 5) is 4.03. The third kappa shape index (κ3) is 2.80. The van der Waals surface area contributed by atoms with Crippen molar-refractivity contribution in [2.75, 3.05) is 13.7 Å². The van der Waals surface area contributed by atoms with Crippen molar-refractivity contribution in [1.29, 1.82) is 0 Å². The van der Waals surface area contributed by atoms with Gasteiger partial charge < -0.3 is 15.0 Å². The van der Waals surface area contributed by atoms with E-state index in [2.05, 4.69) is 26.1 Å². The Balaban J connectivity index is 2.36. The SMILES string of the molecule is COCC(N)c1nc(-c2ccc(F)c(F)c2Br)no1. The van der Waals surface area contributed by atoms with Crippen LogP contribution in [0.25, 0.3) is 11.4 Å². The van der Waals surface area contributed by atoms with E-state index in [1.807, 2.05) is 0 Å². The number of nitrogens with two attached hydrogens (primary N) is 1. The van der Waals surface area contributed by atoms with E-state index in [1.165, 1.54) is 13.2 Å². The largest absolute Gasteiger partial charge is 0.383 e. The second kappa shape index (κ2) is 5.72. The van der Waals surface area contributed by atoms with Gasteiger partial charge in [0.2, 0.25) is 11.7 Å². The molecule has 102 valence electrons. The molecule has 1 heterocycles. The lowest BCUT2D eigenvalue weighted by Crippen LogP contribution is -2.16. The maximum atomic E-state index is 13.4. The fourth-order valence-corrected chi connectivity index (χ4v) is 1.94. The number of halogens is 3. The number of rotatable bonds is 4. The van der Waals surface area contributed by atoms with Gasteiger partial charge in [0, 0.05) is 12.7 Å². The van der Waals surface area contributed by atoms with Crippen molar-refractivity contribution in [3.05, 3.63) is 34.1 Å². The molecule has 19 heavy (non-hydrogen) atoms. The minimum Gasteiger partial charge on any atom is -0.383 e. The first-order chi connectivity index (χ1) is 9.04. The van der Waals surface area contributed by atoms with Gasteiger partial charge in [-0.2, -0.15) is 4.98 Å². The van der Waals surface area contributed by atoms with Crippen LogP contribution in [-0.4, -0.2) is 23.9 Å². The summed E-state index contributed by atoms with van der Waals surface area (Å²) in [5.74, 6) is -1.69. The standard InChI is InChI=1S/C11H10BrF2N3O2/c1-18-4-7(15)11-16-10(17-19-11)5-2-3-6(13)9(14)8(5)12/h2-3,7H,4,15H2,1H3. The Bertz CT molecular complexity index is 591. The zero-order chi connectivity index (χ0) is 14.0. The monoisotopic (exact) mass is 333 g/mol. The third-order valence-corrected chi connectivity index (χ3v) is 3.16. The Kier molecular flexibility index (Phi) is 4.23. The first-order valence-electron chi connectivity index (χ1n) is 5.26. The van der Waals surface area contributed by atoms with Crippen LogP contribution in [0.1, 0.15) is 11.9 Å². The Morgan fingerprint density at radius 2 is 2.21 bits per heavy atom. The first-order valence-corrected chi connectivity index (χ1v) is 6.06. The van der Waals surface area contributed by atoms with Crippen molar-refractivity contribution in [3.63, 3.8) is 0 Å². The highest BCUT2D eigenvalue weighted by Gasteiger charge is 2.19. The zero-order valence-corrected chi connectivity index (χ0v) is 11.4. The molecular weight excluding hydrogens is 324 g/mol. The second-order valence-corrected chi connectivity index (χ2v) is 4.53. The number of benzene rings is 1. The first kappa shape index (κ1) is 14.0. The molecule has 8 heteroatoms. The van der Waals surface area contributed by atoms with Gasteiger partial charge in [-0.25, -0.2) is 8.78 Å². The summed E-state index contributed by atoms with van der Waals surface area (Å²) in [5.41, 5.74) is 6.00. The van der Waals surface area contributed by atoms with Gasteiger partial charge in [0.25, 0.3) is 0 Å². The molecule has 0 bridgehead atoms. The molecule has 0 aliphatic heterocycles. The number of methoxy groups -OCH3 is 1. The summed E-state index contributed by atoms with van der Waals surface area (Å²) in [7, 11) is 1.49. The Morgan fingerprint density at radius 1 is 1.47 bits per heavy atom. The van der Waals surface area contributed by atoms with Gasteiger partial charge in [-0.15, -0.1) is 0 Å². The smallest absolute Gasteiger partial charge is 0.246 e. The summed E-state index contributed by atoms with van der Waals surface area (Å²) in [5, 5.41) is 3.68.